The Morgan fingerprint density at radius 3 is 1.75 bits per heavy atom. The maximum absolute atomic E-state index is 9.55. The van der Waals surface area contributed by atoms with Gasteiger partial charge >= 0.3 is 0 Å². The summed E-state index contributed by atoms with van der Waals surface area (Å²) in [6.07, 6.45) is 0. The van der Waals surface area contributed by atoms with Crippen LogP contribution in [0.5, 0.6) is 0 Å². The van der Waals surface area contributed by atoms with Crippen LogP contribution in [0.25, 0.3) is 120 Å². The third-order valence-electron chi connectivity index (χ3n) is 11.4. The number of nitrogens with zero attached hydrogens (tertiary/aromatic N) is 3. The molecular weight excluding hydrogens is 751 g/mol. The Morgan fingerprint density at radius 1 is 0.367 bits per heavy atom. The van der Waals surface area contributed by atoms with Crippen LogP contribution in [0.4, 0.5) is 0 Å². The first-order valence-electron chi connectivity index (χ1n) is 20.9. The van der Waals surface area contributed by atoms with Crippen molar-refractivity contribution in [1.29, 1.82) is 0 Å². The van der Waals surface area contributed by atoms with Gasteiger partial charge in [-0.1, -0.05) is 176 Å². The van der Waals surface area contributed by atoms with Gasteiger partial charge in [-0.05, 0) is 62.9 Å². The lowest BCUT2D eigenvalue weighted by atomic mass is 9.89. The highest BCUT2D eigenvalue weighted by atomic mass is 32.1. The maximum Gasteiger partial charge on any atom is 0.164 e. The largest absolute Gasteiger partial charge is 0.455 e. The minimum absolute atomic E-state index is 0.393. The molecule has 0 aliphatic rings. The Bertz CT molecular complexity index is 3710. The highest BCUT2D eigenvalue weighted by molar-refractivity contribution is 7.25. The van der Waals surface area contributed by atoms with E-state index in [4.69, 9.17) is 20.7 Å². The van der Waals surface area contributed by atoms with Crippen LogP contribution in [0.3, 0.4) is 0 Å². The summed E-state index contributed by atoms with van der Waals surface area (Å²) >= 11 is 1.78. The Balaban J connectivity index is 0.993. The minimum Gasteiger partial charge on any atom is -0.455 e. The summed E-state index contributed by atoms with van der Waals surface area (Å²) in [6.45, 7) is 0. The van der Waals surface area contributed by atoms with Crippen LogP contribution in [0.2, 0.25) is 0 Å². The molecule has 0 radical (unpaired) electrons. The Morgan fingerprint density at radius 2 is 0.967 bits per heavy atom. The van der Waals surface area contributed by atoms with Gasteiger partial charge in [0.15, 0.2) is 17.5 Å². The number of rotatable bonds is 6. The highest BCUT2D eigenvalue weighted by Crippen LogP contribution is 2.45. The second-order valence-electron chi connectivity index (χ2n) is 14.9. The second kappa shape index (κ2) is 14.0. The predicted molar refractivity (Wildman–Crippen MR) is 250 cm³/mol. The summed E-state index contributed by atoms with van der Waals surface area (Å²) in [5.41, 5.74) is 9.88. The molecule has 12 aromatic rings. The van der Waals surface area contributed by atoms with E-state index in [-0.39, 0.29) is 0 Å². The lowest BCUT2D eigenvalue weighted by Crippen LogP contribution is -2.00. The van der Waals surface area contributed by atoms with Gasteiger partial charge in [-0.2, -0.15) is 0 Å². The molecule has 3 aromatic heterocycles. The molecule has 4 nitrogen and oxygen atoms in total. The van der Waals surface area contributed by atoms with Crippen molar-refractivity contribution in [1.82, 2.24) is 15.0 Å². The molecule has 3 heterocycles. The van der Waals surface area contributed by atoms with Crippen LogP contribution < -0.4 is 0 Å². The standard InChI is InChI=1S/C55H33N3OS/c1-3-14-34(15-4-1)39-31-33-43(51-44-20-9-11-23-47(44)59-52(39)51)42-32-30-38(40-18-7-8-19-41(40)42)35-26-28-37(29-27-35)54-56-53(36-16-5-2-6-17-36)57-55(58-54)46-22-13-25-49-50(46)45-21-10-12-24-48(45)60-49/h1-33H/i9D,33D. The summed E-state index contributed by atoms with van der Waals surface area (Å²) < 4.78 is 27.1. The van der Waals surface area contributed by atoms with Gasteiger partial charge < -0.3 is 4.42 Å². The van der Waals surface area contributed by atoms with Gasteiger partial charge in [0.2, 0.25) is 0 Å². The van der Waals surface area contributed by atoms with Gasteiger partial charge in [-0.15, -0.1) is 11.3 Å². The normalized spacial score (nSPS) is 12.1. The summed E-state index contributed by atoms with van der Waals surface area (Å²) in [5, 5.41) is 6.12. The fourth-order valence-corrected chi connectivity index (χ4v) is 9.75. The lowest BCUT2D eigenvalue weighted by Gasteiger charge is -2.14. The molecule has 0 saturated carbocycles. The van der Waals surface area contributed by atoms with Crippen molar-refractivity contribution in [2.24, 2.45) is 0 Å². The molecule has 12 rings (SSSR count). The van der Waals surface area contributed by atoms with Gasteiger partial charge in [0, 0.05) is 53.2 Å². The molecule has 0 aliphatic heterocycles. The van der Waals surface area contributed by atoms with Crippen LogP contribution in [0.1, 0.15) is 2.74 Å². The van der Waals surface area contributed by atoms with Crippen molar-refractivity contribution in [3.8, 4) is 67.5 Å². The Labute approximate surface area is 352 Å². The Hall–Kier alpha value is -7.73. The van der Waals surface area contributed by atoms with Gasteiger partial charge in [-0.25, -0.2) is 15.0 Å². The van der Waals surface area contributed by atoms with Crippen LogP contribution >= 0.6 is 11.3 Å². The molecule has 0 amide bonds. The number of aromatic nitrogens is 3. The molecule has 0 N–H and O–H groups in total. The molecule has 280 valence electrons. The van der Waals surface area contributed by atoms with E-state index in [1.807, 2.05) is 78.9 Å². The van der Waals surface area contributed by atoms with Crippen molar-refractivity contribution in [3.05, 3.63) is 200 Å². The number of fused-ring (bicyclic) bond motifs is 7. The summed E-state index contributed by atoms with van der Waals surface area (Å²) in [5.74, 6) is 1.86. The fourth-order valence-electron chi connectivity index (χ4n) is 8.62. The van der Waals surface area contributed by atoms with Crippen LogP contribution in [-0.4, -0.2) is 15.0 Å². The monoisotopic (exact) mass is 785 g/mol. The average Bonchev–Trinajstić information content (AvgIpc) is 3.90. The Kier molecular flexibility index (Phi) is 7.51. The predicted octanol–water partition coefficient (Wildman–Crippen LogP) is 15.3. The number of hydrogen-bond acceptors (Lipinski definition) is 5. The zero-order valence-corrected chi connectivity index (χ0v) is 32.9. The summed E-state index contributed by atoms with van der Waals surface area (Å²) in [4.78, 5) is 15.3. The third kappa shape index (κ3) is 5.63. The van der Waals surface area contributed by atoms with Gasteiger partial charge in [0.25, 0.3) is 0 Å². The van der Waals surface area contributed by atoms with E-state index in [1.165, 1.54) is 14.8 Å². The van der Waals surface area contributed by atoms with E-state index < -0.39 is 0 Å². The highest BCUT2D eigenvalue weighted by Gasteiger charge is 2.20. The number of para-hydroxylation sites is 1. The summed E-state index contributed by atoms with van der Waals surface area (Å²) in [7, 11) is 0. The first-order valence-corrected chi connectivity index (χ1v) is 20.7. The van der Waals surface area contributed by atoms with Crippen molar-refractivity contribution >= 4 is 64.2 Å². The van der Waals surface area contributed by atoms with E-state index in [1.54, 1.807) is 17.4 Å². The van der Waals surface area contributed by atoms with Crippen molar-refractivity contribution in [2.75, 3.05) is 0 Å². The maximum atomic E-state index is 9.55. The molecule has 0 saturated heterocycles. The lowest BCUT2D eigenvalue weighted by molar-refractivity contribution is 0.670. The van der Waals surface area contributed by atoms with Gasteiger partial charge in [0.1, 0.15) is 11.2 Å². The van der Waals surface area contributed by atoms with Crippen molar-refractivity contribution in [2.45, 2.75) is 0 Å². The molecule has 0 spiro atoms. The van der Waals surface area contributed by atoms with Crippen LogP contribution in [0, 0.1) is 0 Å². The molecule has 5 heteroatoms. The van der Waals surface area contributed by atoms with E-state index >= 15 is 0 Å². The first kappa shape index (κ1) is 32.3. The van der Waals surface area contributed by atoms with E-state index in [9.17, 15) is 1.37 Å². The number of hydrogen-bond donors (Lipinski definition) is 0. The SMILES string of the molecule is [2H]c1ccc2oc3c(-c4ccccc4)cc([2H])c(-c4ccc(-c5ccc(-c6nc(-c7ccccc7)nc(-c7cccc8sc9ccccc9c78)n6)cc5)c5ccccc45)c3c2c1. The van der Waals surface area contributed by atoms with E-state index in [0.717, 1.165) is 77.0 Å². The number of benzene rings is 9. The molecule has 0 unspecified atom stereocenters. The number of thiophene rings is 1. The van der Waals surface area contributed by atoms with E-state index in [2.05, 4.69) is 103 Å². The van der Waals surface area contributed by atoms with Crippen molar-refractivity contribution < 1.29 is 7.16 Å². The average molecular weight is 786 g/mol. The molecule has 9 aromatic carbocycles. The third-order valence-corrected chi connectivity index (χ3v) is 12.6. The zero-order chi connectivity index (χ0) is 41.3. The van der Waals surface area contributed by atoms with Gasteiger partial charge in [0.05, 0.1) is 2.74 Å². The zero-order valence-electron chi connectivity index (χ0n) is 34.1. The molecular formula is C55H33N3OS. The van der Waals surface area contributed by atoms with Crippen molar-refractivity contribution in [3.63, 3.8) is 0 Å². The van der Waals surface area contributed by atoms with Crippen LogP contribution in [0.15, 0.2) is 205 Å². The minimum atomic E-state index is 0.393. The molecule has 0 fully saturated rings. The molecule has 0 atom stereocenters. The quantitative estimate of drug-likeness (QED) is 0.168. The molecule has 0 bridgehead atoms. The summed E-state index contributed by atoms with van der Waals surface area (Å²) in [6, 6.07) is 64.3. The fraction of sp³-hybridized carbons (Fsp3) is 0. The number of furan rings is 1. The van der Waals surface area contributed by atoms with Gasteiger partial charge in [-0.3, -0.25) is 0 Å². The smallest absolute Gasteiger partial charge is 0.164 e. The van der Waals surface area contributed by atoms with E-state index in [0.29, 0.717) is 40.7 Å². The topological polar surface area (TPSA) is 51.8 Å². The van der Waals surface area contributed by atoms with Crippen LogP contribution in [-0.2, 0) is 0 Å². The molecule has 0 aliphatic carbocycles. The second-order valence-corrected chi connectivity index (χ2v) is 16.0. The molecule has 60 heavy (non-hydrogen) atoms. The first-order chi connectivity index (χ1) is 30.6.